The van der Waals surface area contributed by atoms with E-state index in [1.54, 1.807) is 30.7 Å². The summed E-state index contributed by atoms with van der Waals surface area (Å²) in [6, 6.07) is 6.42. The van der Waals surface area contributed by atoms with Crippen molar-refractivity contribution in [3.05, 3.63) is 48.3 Å². The lowest BCUT2D eigenvalue weighted by atomic mass is 10.1. The highest BCUT2D eigenvalue weighted by molar-refractivity contribution is 7.97. The highest BCUT2D eigenvalue weighted by Gasteiger charge is 2.19. The van der Waals surface area contributed by atoms with E-state index in [-0.39, 0.29) is 0 Å². The van der Waals surface area contributed by atoms with Gasteiger partial charge < -0.3 is 4.57 Å². The maximum Gasteiger partial charge on any atom is 0.164 e. The van der Waals surface area contributed by atoms with Crippen LogP contribution in [0.25, 0.3) is 33.8 Å². The van der Waals surface area contributed by atoms with Crippen molar-refractivity contribution in [2.24, 2.45) is 0 Å². The monoisotopic (exact) mass is 375 g/mol. The topological polar surface area (TPSA) is 81.4 Å². The highest BCUT2D eigenvalue weighted by atomic mass is 32.2. The number of fused-ring (bicyclic) bond motifs is 2. The van der Waals surface area contributed by atoms with Crippen molar-refractivity contribution in [1.82, 2.24) is 34.2 Å². The quantitative estimate of drug-likeness (QED) is 0.550. The Kier molecular flexibility index (Phi) is 3.87. The van der Waals surface area contributed by atoms with E-state index >= 15 is 0 Å². The van der Waals surface area contributed by atoms with Gasteiger partial charge in [0.15, 0.2) is 5.65 Å². The van der Waals surface area contributed by atoms with E-state index in [9.17, 15) is 0 Å². The molecule has 0 saturated carbocycles. The fourth-order valence-corrected chi connectivity index (χ4v) is 4.11. The van der Waals surface area contributed by atoms with Crippen molar-refractivity contribution >= 4 is 23.1 Å². The molecule has 27 heavy (non-hydrogen) atoms. The van der Waals surface area contributed by atoms with Crippen LogP contribution in [0.15, 0.2) is 41.8 Å². The number of aromatic nitrogens is 6. The first-order valence-electron chi connectivity index (χ1n) is 8.78. The molecule has 1 aliphatic rings. The second-order valence-corrected chi connectivity index (χ2v) is 7.27. The number of nitrogens with zero attached hydrogens (tertiary/aromatic N) is 6. The standard InChI is InChI=1S/C19H17N7S/c1-3-26-18(14-7-20-11(2)21-8-14)25-17-16(22-10-23-19(17)26)12-4-5-15-13(6-12)9-24-27-15/h4-8,10,24H,3,9H2,1-2H3. The number of imidazole rings is 1. The summed E-state index contributed by atoms with van der Waals surface area (Å²) in [5.41, 5.74) is 5.69. The van der Waals surface area contributed by atoms with Crippen LogP contribution in [0.4, 0.5) is 0 Å². The third kappa shape index (κ3) is 2.68. The molecule has 0 bridgehead atoms. The Bertz CT molecular complexity index is 1150. The van der Waals surface area contributed by atoms with Crippen LogP contribution in [0.5, 0.6) is 0 Å². The van der Waals surface area contributed by atoms with Gasteiger partial charge in [0.2, 0.25) is 0 Å². The van der Waals surface area contributed by atoms with Crippen LogP contribution < -0.4 is 4.72 Å². The van der Waals surface area contributed by atoms with E-state index in [4.69, 9.17) is 4.98 Å². The molecule has 3 aromatic heterocycles. The number of hydrogen-bond donors (Lipinski definition) is 1. The molecule has 1 aliphatic heterocycles. The molecular weight excluding hydrogens is 358 g/mol. The minimum atomic E-state index is 0.739. The van der Waals surface area contributed by atoms with Crippen molar-refractivity contribution in [3.63, 3.8) is 0 Å². The van der Waals surface area contributed by atoms with Gasteiger partial charge in [-0.3, -0.25) is 4.72 Å². The average molecular weight is 375 g/mol. The summed E-state index contributed by atoms with van der Waals surface area (Å²) < 4.78 is 5.38. The van der Waals surface area contributed by atoms with E-state index < -0.39 is 0 Å². The second-order valence-electron chi connectivity index (χ2n) is 6.34. The molecule has 0 unspecified atom stereocenters. The first-order chi connectivity index (χ1) is 13.2. The Labute approximate surface area is 160 Å². The molecule has 5 rings (SSSR count). The molecule has 134 valence electrons. The first-order valence-corrected chi connectivity index (χ1v) is 9.59. The molecule has 4 heterocycles. The predicted molar refractivity (Wildman–Crippen MR) is 105 cm³/mol. The lowest BCUT2D eigenvalue weighted by Crippen LogP contribution is -2.00. The fraction of sp³-hybridized carbons (Fsp3) is 0.211. The van der Waals surface area contributed by atoms with E-state index in [0.29, 0.717) is 0 Å². The van der Waals surface area contributed by atoms with Gasteiger partial charge in [-0.2, -0.15) is 0 Å². The molecule has 8 heteroatoms. The van der Waals surface area contributed by atoms with Gasteiger partial charge in [0, 0.05) is 35.9 Å². The van der Waals surface area contributed by atoms with Crippen LogP contribution in [0.3, 0.4) is 0 Å². The van der Waals surface area contributed by atoms with E-state index in [2.05, 4.69) is 54.3 Å². The lowest BCUT2D eigenvalue weighted by molar-refractivity contribution is 0.785. The zero-order valence-electron chi connectivity index (χ0n) is 15.0. The second kappa shape index (κ2) is 6.40. The van der Waals surface area contributed by atoms with Gasteiger partial charge in [0.1, 0.15) is 29.2 Å². The molecule has 0 atom stereocenters. The third-order valence-corrected chi connectivity index (χ3v) is 5.57. The van der Waals surface area contributed by atoms with Crippen LogP contribution >= 0.6 is 11.9 Å². The molecule has 0 fully saturated rings. The zero-order valence-corrected chi connectivity index (χ0v) is 15.8. The van der Waals surface area contributed by atoms with E-state index in [0.717, 1.165) is 52.7 Å². The normalized spacial score (nSPS) is 13.3. The molecule has 0 aliphatic carbocycles. The van der Waals surface area contributed by atoms with Gasteiger partial charge in [-0.25, -0.2) is 24.9 Å². The van der Waals surface area contributed by atoms with Gasteiger partial charge in [-0.1, -0.05) is 6.07 Å². The maximum atomic E-state index is 4.89. The molecular formula is C19H17N7S. The molecule has 1 N–H and O–H groups in total. The molecule has 0 radical (unpaired) electrons. The number of aryl methyl sites for hydroxylation is 2. The molecule has 7 nitrogen and oxygen atoms in total. The fourth-order valence-electron chi connectivity index (χ4n) is 3.33. The minimum absolute atomic E-state index is 0.739. The maximum absolute atomic E-state index is 4.89. The smallest absolute Gasteiger partial charge is 0.164 e. The molecule has 0 amide bonds. The third-order valence-electron chi connectivity index (χ3n) is 4.67. The van der Waals surface area contributed by atoms with Crippen molar-refractivity contribution in [1.29, 1.82) is 0 Å². The lowest BCUT2D eigenvalue weighted by Gasteiger charge is -2.05. The number of rotatable bonds is 3. The van der Waals surface area contributed by atoms with Gasteiger partial charge in [0.25, 0.3) is 0 Å². The van der Waals surface area contributed by atoms with Gasteiger partial charge >= 0.3 is 0 Å². The predicted octanol–water partition coefficient (Wildman–Crippen LogP) is 3.39. The van der Waals surface area contributed by atoms with Crippen LogP contribution in [0.2, 0.25) is 0 Å². The van der Waals surface area contributed by atoms with Crippen molar-refractivity contribution in [3.8, 4) is 22.6 Å². The van der Waals surface area contributed by atoms with Crippen molar-refractivity contribution in [2.45, 2.75) is 31.8 Å². The highest BCUT2D eigenvalue weighted by Crippen LogP contribution is 2.33. The first kappa shape index (κ1) is 16.3. The van der Waals surface area contributed by atoms with E-state index in [1.807, 2.05) is 6.92 Å². The Balaban J connectivity index is 1.72. The molecule has 4 aromatic rings. The summed E-state index contributed by atoms with van der Waals surface area (Å²) in [6.07, 6.45) is 5.23. The number of hydrogen-bond acceptors (Lipinski definition) is 7. The molecule has 0 saturated heterocycles. The van der Waals surface area contributed by atoms with Gasteiger partial charge in [-0.05, 0) is 43.5 Å². The summed E-state index contributed by atoms with van der Waals surface area (Å²) in [7, 11) is 0. The zero-order chi connectivity index (χ0) is 18.4. The Morgan fingerprint density at radius 2 is 1.96 bits per heavy atom. The number of benzene rings is 1. The Hall–Kier alpha value is -2.84. The summed E-state index contributed by atoms with van der Waals surface area (Å²) in [5, 5.41) is 0. The van der Waals surface area contributed by atoms with Gasteiger partial charge in [0.05, 0.1) is 5.56 Å². The van der Waals surface area contributed by atoms with Gasteiger partial charge in [-0.15, -0.1) is 0 Å². The largest absolute Gasteiger partial charge is 0.309 e. The van der Waals surface area contributed by atoms with Crippen molar-refractivity contribution < 1.29 is 0 Å². The summed E-state index contributed by atoms with van der Waals surface area (Å²) in [5.74, 6) is 1.55. The average Bonchev–Trinajstić information content (AvgIpc) is 3.31. The van der Waals surface area contributed by atoms with Crippen LogP contribution in [0.1, 0.15) is 18.3 Å². The SMILES string of the molecule is CCn1c(-c2cnc(C)nc2)nc2c(-c3ccc4c(c3)CNS4)ncnc21. The van der Waals surface area contributed by atoms with Crippen LogP contribution in [-0.4, -0.2) is 29.5 Å². The Morgan fingerprint density at radius 3 is 2.78 bits per heavy atom. The molecule has 1 aromatic carbocycles. The van der Waals surface area contributed by atoms with Crippen molar-refractivity contribution in [2.75, 3.05) is 0 Å². The summed E-state index contributed by atoms with van der Waals surface area (Å²) >= 11 is 1.67. The number of nitrogens with one attached hydrogen (secondary N) is 1. The Morgan fingerprint density at radius 1 is 1.11 bits per heavy atom. The summed E-state index contributed by atoms with van der Waals surface area (Å²) in [6.45, 7) is 5.56. The van der Waals surface area contributed by atoms with E-state index in [1.165, 1.54) is 10.5 Å². The minimum Gasteiger partial charge on any atom is -0.309 e. The summed E-state index contributed by atoms with van der Waals surface area (Å²) in [4.78, 5) is 23.8. The molecule has 0 spiro atoms. The van der Waals surface area contributed by atoms with Crippen LogP contribution in [-0.2, 0) is 13.1 Å². The van der Waals surface area contributed by atoms with Crippen LogP contribution in [0, 0.1) is 6.92 Å².